The standard InChI is InChI=1S/C24H27FN4O2S/c1-3-28(4-2)12-7-13-29-21(16-32-24(29)27-19-9-6-5-8-18(19)25)17-10-11-22-20(14-17)26-23(30)15-31-22/h5-6,8-11,14,16H,3-4,7,12-13,15H2,1-2H3,(H,26,30). The largest absolute Gasteiger partial charge is 0.482 e. The molecule has 168 valence electrons. The van der Waals surface area contributed by atoms with Gasteiger partial charge in [0, 0.05) is 17.5 Å². The first kappa shape index (κ1) is 22.2. The number of thiazole rings is 1. The van der Waals surface area contributed by atoms with Gasteiger partial charge in [-0.05, 0) is 56.4 Å². The van der Waals surface area contributed by atoms with Gasteiger partial charge in [0.15, 0.2) is 11.4 Å². The van der Waals surface area contributed by atoms with Crippen LogP contribution in [0, 0.1) is 5.82 Å². The van der Waals surface area contributed by atoms with E-state index >= 15 is 0 Å². The second-order valence-corrected chi connectivity index (χ2v) is 8.38. The van der Waals surface area contributed by atoms with Crippen LogP contribution in [0.5, 0.6) is 5.75 Å². The molecule has 8 heteroatoms. The first-order valence-corrected chi connectivity index (χ1v) is 11.7. The summed E-state index contributed by atoms with van der Waals surface area (Å²) in [7, 11) is 0. The Morgan fingerprint density at radius 3 is 2.81 bits per heavy atom. The van der Waals surface area contributed by atoms with Gasteiger partial charge < -0.3 is 19.5 Å². The predicted molar refractivity (Wildman–Crippen MR) is 126 cm³/mol. The van der Waals surface area contributed by atoms with Gasteiger partial charge >= 0.3 is 0 Å². The first-order valence-electron chi connectivity index (χ1n) is 10.9. The summed E-state index contributed by atoms with van der Waals surface area (Å²) in [5.41, 5.74) is 2.91. The highest BCUT2D eigenvalue weighted by molar-refractivity contribution is 7.07. The molecule has 1 aromatic heterocycles. The Balaban J connectivity index is 1.72. The Hall–Kier alpha value is -2.97. The van der Waals surface area contributed by atoms with Crippen LogP contribution in [0.1, 0.15) is 20.3 Å². The van der Waals surface area contributed by atoms with E-state index < -0.39 is 0 Å². The van der Waals surface area contributed by atoms with Crippen LogP contribution in [0.2, 0.25) is 0 Å². The number of amides is 1. The monoisotopic (exact) mass is 454 g/mol. The van der Waals surface area contributed by atoms with Gasteiger partial charge in [-0.1, -0.05) is 26.0 Å². The van der Waals surface area contributed by atoms with Crippen molar-refractivity contribution >= 4 is 28.6 Å². The summed E-state index contributed by atoms with van der Waals surface area (Å²) < 4.78 is 21.9. The molecule has 0 atom stereocenters. The highest BCUT2D eigenvalue weighted by Crippen LogP contribution is 2.33. The zero-order chi connectivity index (χ0) is 22.5. The smallest absolute Gasteiger partial charge is 0.262 e. The highest BCUT2D eigenvalue weighted by atomic mass is 32.1. The van der Waals surface area contributed by atoms with E-state index in [1.807, 2.05) is 23.6 Å². The Morgan fingerprint density at radius 2 is 2.03 bits per heavy atom. The fourth-order valence-corrected chi connectivity index (χ4v) is 4.69. The lowest BCUT2D eigenvalue weighted by Crippen LogP contribution is -2.26. The minimum atomic E-state index is -0.342. The molecule has 0 aliphatic carbocycles. The number of nitrogens with zero attached hydrogens (tertiary/aromatic N) is 3. The normalized spacial score (nSPS) is 13.8. The van der Waals surface area contributed by atoms with Crippen LogP contribution in [0.25, 0.3) is 11.3 Å². The zero-order valence-electron chi connectivity index (χ0n) is 18.3. The molecule has 3 aromatic rings. The predicted octanol–water partition coefficient (Wildman–Crippen LogP) is 4.65. The van der Waals surface area contributed by atoms with Crippen molar-refractivity contribution < 1.29 is 13.9 Å². The molecule has 0 radical (unpaired) electrons. The summed E-state index contributed by atoms with van der Waals surface area (Å²) in [6, 6.07) is 12.3. The molecule has 1 aliphatic heterocycles. The quantitative estimate of drug-likeness (QED) is 0.539. The molecule has 0 fully saturated rings. The Bertz CT molecular complexity index is 1170. The van der Waals surface area contributed by atoms with Gasteiger partial charge in [0.2, 0.25) is 0 Å². The third-order valence-electron chi connectivity index (χ3n) is 5.52. The third-order valence-corrected chi connectivity index (χ3v) is 6.39. The van der Waals surface area contributed by atoms with E-state index in [2.05, 4.69) is 33.6 Å². The van der Waals surface area contributed by atoms with Gasteiger partial charge in [-0.3, -0.25) is 4.79 Å². The van der Waals surface area contributed by atoms with E-state index in [-0.39, 0.29) is 18.3 Å². The lowest BCUT2D eigenvalue weighted by Gasteiger charge is -2.20. The average Bonchev–Trinajstić information content (AvgIpc) is 3.20. The molecule has 1 aliphatic rings. The number of nitrogens with one attached hydrogen (secondary N) is 1. The van der Waals surface area contributed by atoms with E-state index in [9.17, 15) is 9.18 Å². The zero-order valence-corrected chi connectivity index (χ0v) is 19.1. The molecule has 0 saturated carbocycles. The van der Waals surface area contributed by atoms with Crippen molar-refractivity contribution in [2.45, 2.75) is 26.8 Å². The van der Waals surface area contributed by atoms with Crippen molar-refractivity contribution in [3.63, 3.8) is 0 Å². The van der Waals surface area contributed by atoms with Crippen LogP contribution in [0.4, 0.5) is 15.8 Å². The average molecular weight is 455 g/mol. The topological polar surface area (TPSA) is 58.9 Å². The number of carbonyl (C=O) groups excluding carboxylic acids is 1. The molecule has 0 bridgehead atoms. The van der Waals surface area contributed by atoms with Crippen LogP contribution in [0.3, 0.4) is 0 Å². The van der Waals surface area contributed by atoms with Gasteiger partial charge in [-0.25, -0.2) is 9.38 Å². The molecule has 6 nitrogen and oxygen atoms in total. The minimum absolute atomic E-state index is 0.0296. The Morgan fingerprint density at radius 1 is 1.22 bits per heavy atom. The van der Waals surface area contributed by atoms with Crippen LogP contribution in [-0.2, 0) is 11.3 Å². The van der Waals surface area contributed by atoms with E-state index in [0.29, 0.717) is 17.1 Å². The van der Waals surface area contributed by atoms with Crippen molar-refractivity contribution in [1.82, 2.24) is 9.47 Å². The molecule has 4 rings (SSSR count). The second-order valence-electron chi connectivity index (χ2n) is 7.55. The van der Waals surface area contributed by atoms with Gasteiger partial charge in [0.05, 0.1) is 11.4 Å². The summed E-state index contributed by atoms with van der Waals surface area (Å²) in [5, 5.41) is 4.90. The molecule has 1 N–H and O–H groups in total. The maximum atomic E-state index is 14.3. The number of benzene rings is 2. The summed E-state index contributed by atoms with van der Waals surface area (Å²) in [4.78, 5) is 19.5. The van der Waals surface area contributed by atoms with Crippen molar-refractivity contribution in [3.8, 4) is 17.0 Å². The van der Waals surface area contributed by atoms with E-state index in [4.69, 9.17) is 4.74 Å². The van der Waals surface area contributed by atoms with Gasteiger partial charge in [0.1, 0.15) is 17.3 Å². The van der Waals surface area contributed by atoms with Crippen molar-refractivity contribution in [2.24, 2.45) is 4.99 Å². The molecule has 0 spiro atoms. The fraction of sp³-hybridized carbons (Fsp3) is 0.333. The first-order chi connectivity index (χ1) is 15.6. The lowest BCUT2D eigenvalue weighted by molar-refractivity contribution is -0.118. The number of anilines is 1. The Kier molecular flexibility index (Phi) is 7.02. The van der Waals surface area contributed by atoms with Crippen LogP contribution in [0.15, 0.2) is 52.8 Å². The summed E-state index contributed by atoms with van der Waals surface area (Å²) in [6.07, 6.45) is 0.945. The van der Waals surface area contributed by atoms with Gasteiger partial charge in [-0.15, -0.1) is 11.3 Å². The third kappa shape index (κ3) is 4.92. The summed E-state index contributed by atoms with van der Waals surface area (Å²) >= 11 is 1.48. The highest BCUT2D eigenvalue weighted by Gasteiger charge is 2.18. The SMILES string of the molecule is CCN(CC)CCCn1c(-c2ccc3c(c2)NC(=O)CO3)csc1=Nc1ccccc1F. The molecular weight excluding hydrogens is 427 g/mol. The number of ether oxygens (including phenoxy) is 1. The van der Waals surface area contributed by atoms with E-state index in [1.54, 1.807) is 18.2 Å². The maximum absolute atomic E-state index is 14.3. The number of rotatable bonds is 8. The second kappa shape index (κ2) is 10.1. The van der Waals surface area contributed by atoms with Crippen LogP contribution in [-0.4, -0.2) is 41.6 Å². The van der Waals surface area contributed by atoms with Crippen LogP contribution >= 0.6 is 11.3 Å². The molecule has 1 amide bonds. The van der Waals surface area contributed by atoms with Crippen molar-refractivity contribution in [1.29, 1.82) is 0 Å². The molecule has 2 heterocycles. The lowest BCUT2D eigenvalue weighted by atomic mass is 10.1. The van der Waals surface area contributed by atoms with Crippen molar-refractivity contribution in [2.75, 3.05) is 31.6 Å². The number of halogens is 1. The number of hydrogen-bond donors (Lipinski definition) is 1. The maximum Gasteiger partial charge on any atom is 0.262 e. The van der Waals surface area contributed by atoms with Gasteiger partial charge in [0.25, 0.3) is 5.91 Å². The van der Waals surface area contributed by atoms with E-state index in [1.165, 1.54) is 17.4 Å². The molecule has 32 heavy (non-hydrogen) atoms. The van der Waals surface area contributed by atoms with Gasteiger partial charge in [-0.2, -0.15) is 0 Å². The number of carbonyl (C=O) groups is 1. The number of para-hydroxylation sites is 1. The number of fused-ring (bicyclic) bond motifs is 1. The molecule has 2 aromatic carbocycles. The fourth-order valence-electron chi connectivity index (χ4n) is 3.75. The molecule has 0 unspecified atom stereocenters. The Labute approximate surface area is 191 Å². The minimum Gasteiger partial charge on any atom is -0.482 e. The van der Waals surface area contributed by atoms with Crippen LogP contribution < -0.4 is 14.9 Å². The molecule has 0 saturated heterocycles. The summed E-state index contributed by atoms with van der Waals surface area (Å²) in [6.45, 7) is 8.10. The summed E-state index contributed by atoms with van der Waals surface area (Å²) in [5.74, 6) is 0.154. The van der Waals surface area contributed by atoms with Crippen molar-refractivity contribution in [3.05, 3.63) is 58.5 Å². The number of aromatic nitrogens is 1. The van der Waals surface area contributed by atoms with E-state index in [0.717, 1.165) is 48.7 Å². The molecular formula is C24H27FN4O2S. The number of hydrogen-bond acceptors (Lipinski definition) is 5.